The second-order valence-corrected chi connectivity index (χ2v) is 3.29. The number of benzene rings is 1. The van der Waals surface area contributed by atoms with Gasteiger partial charge >= 0.3 is 6.03 Å². The fourth-order valence-electron chi connectivity index (χ4n) is 1.23. The summed E-state index contributed by atoms with van der Waals surface area (Å²) >= 11 is 0. The number of rotatable bonds is 3. The van der Waals surface area contributed by atoms with Crippen LogP contribution >= 0.6 is 0 Å². The zero-order valence-corrected chi connectivity index (χ0v) is 10.1. The van der Waals surface area contributed by atoms with E-state index in [2.05, 4.69) is 10.6 Å². The maximum absolute atomic E-state index is 11.6. The van der Waals surface area contributed by atoms with Crippen LogP contribution in [-0.4, -0.2) is 13.1 Å². The summed E-state index contributed by atoms with van der Waals surface area (Å²) < 4.78 is 5.05. The Kier molecular flexibility index (Phi) is 4.76. The average Bonchev–Trinajstić information content (AvgIpc) is 2.44. The van der Waals surface area contributed by atoms with Gasteiger partial charge in [-0.05, 0) is 12.1 Å². The summed E-state index contributed by atoms with van der Waals surface area (Å²) in [5.74, 6) is 0.466. The molecule has 0 aliphatic carbocycles. The lowest BCUT2D eigenvalue weighted by atomic mass is 10.3. The third-order valence-electron chi connectivity index (χ3n) is 2.10. The highest BCUT2D eigenvalue weighted by atomic mass is 16.5. The Morgan fingerprint density at radius 1 is 1.32 bits per heavy atom. The first-order valence-corrected chi connectivity index (χ1v) is 5.13. The van der Waals surface area contributed by atoms with E-state index in [1.54, 1.807) is 36.4 Å². The van der Waals surface area contributed by atoms with E-state index in [0.717, 1.165) is 0 Å². The predicted octanol–water partition coefficient (Wildman–Crippen LogP) is 1.03. The van der Waals surface area contributed by atoms with E-state index >= 15 is 0 Å². The molecule has 4 N–H and O–H groups in total. The minimum atomic E-state index is -0.695. The molecule has 7 heteroatoms. The monoisotopic (exact) mass is 257 g/mol. The van der Waals surface area contributed by atoms with Crippen molar-refractivity contribution in [2.75, 3.05) is 12.4 Å². The van der Waals surface area contributed by atoms with Crippen molar-refractivity contribution in [2.24, 2.45) is 5.73 Å². The molecule has 96 valence electrons. The lowest BCUT2D eigenvalue weighted by Gasteiger charge is -2.10. The van der Waals surface area contributed by atoms with Crippen molar-refractivity contribution >= 4 is 11.7 Å². The van der Waals surface area contributed by atoms with Gasteiger partial charge in [0, 0.05) is 0 Å². The molecule has 0 aromatic heterocycles. The van der Waals surface area contributed by atoms with E-state index in [-0.39, 0.29) is 11.4 Å². The second kappa shape index (κ2) is 6.52. The molecule has 0 saturated heterocycles. The Balaban J connectivity index is 2.82. The molecule has 19 heavy (non-hydrogen) atoms. The first-order valence-electron chi connectivity index (χ1n) is 5.13. The molecule has 0 atom stereocenters. The molecular weight excluding hydrogens is 246 g/mol. The molecule has 0 aliphatic rings. The zero-order valence-electron chi connectivity index (χ0n) is 10.1. The van der Waals surface area contributed by atoms with Gasteiger partial charge in [0.1, 0.15) is 23.6 Å². The quantitative estimate of drug-likeness (QED) is 0.697. The second-order valence-electron chi connectivity index (χ2n) is 3.29. The number of nitrogens with zero attached hydrogens (tertiary/aromatic N) is 2. The molecule has 1 rings (SSSR count). The van der Waals surface area contributed by atoms with Crippen LogP contribution in [0.15, 0.2) is 35.7 Å². The summed E-state index contributed by atoms with van der Waals surface area (Å²) in [5.41, 5.74) is 5.01. The van der Waals surface area contributed by atoms with E-state index in [0.29, 0.717) is 11.4 Å². The van der Waals surface area contributed by atoms with Gasteiger partial charge in [0.25, 0.3) is 0 Å². The van der Waals surface area contributed by atoms with Gasteiger partial charge in [-0.3, -0.25) is 5.32 Å². The van der Waals surface area contributed by atoms with Crippen LogP contribution in [0.4, 0.5) is 10.5 Å². The Hall–Kier alpha value is -3.19. The molecule has 0 saturated carbocycles. The molecule has 0 bridgehead atoms. The van der Waals surface area contributed by atoms with Crippen molar-refractivity contribution in [1.82, 2.24) is 5.32 Å². The number of para-hydroxylation sites is 2. The number of hydrogen-bond acceptors (Lipinski definition) is 5. The SMILES string of the molecule is COc1ccccc1NC(=O)NC(C#N)=C(N)C#N. The van der Waals surface area contributed by atoms with Crippen LogP contribution in [0.2, 0.25) is 0 Å². The van der Waals surface area contributed by atoms with Crippen LogP contribution in [0, 0.1) is 22.7 Å². The van der Waals surface area contributed by atoms with Gasteiger partial charge in [-0.15, -0.1) is 0 Å². The van der Waals surface area contributed by atoms with E-state index < -0.39 is 6.03 Å². The van der Waals surface area contributed by atoms with Crippen molar-refractivity contribution in [3.8, 4) is 17.9 Å². The van der Waals surface area contributed by atoms with E-state index in [4.69, 9.17) is 21.0 Å². The summed E-state index contributed by atoms with van der Waals surface area (Å²) in [6, 6.07) is 9.26. The molecule has 7 nitrogen and oxygen atoms in total. The smallest absolute Gasteiger partial charge is 0.324 e. The van der Waals surface area contributed by atoms with Crippen molar-refractivity contribution in [3.05, 3.63) is 35.7 Å². The largest absolute Gasteiger partial charge is 0.495 e. The van der Waals surface area contributed by atoms with Crippen molar-refractivity contribution in [3.63, 3.8) is 0 Å². The van der Waals surface area contributed by atoms with Gasteiger partial charge < -0.3 is 15.8 Å². The Labute approximate surface area is 109 Å². The van der Waals surface area contributed by atoms with Gasteiger partial charge in [-0.1, -0.05) is 12.1 Å². The third-order valence-corrected chi connectivity index (χ3v) is 2.10. The number of nitrogens with one attached hydrogen (secondary N) is 2. The molecule has 0 radical (unpaired) electrons. The van der Waals surface area contributed by atoms with Gasteiger partial charge in [0.05, 0.1) is 12.8 Å². The van der Waals surface area contributed by atoms with Crippen LogP contribution in [-0.2, 0) is 0 Å². The van der Waals surface area contributed by atoms with Crippen LogP contribution < -0.4 is 21.1 Å². The molecule has 0 spiro atoms. The number of carbonyl (C=O) groups is 1. The Morgan fingerprint density at radius 3 is 2.58 bits per heavy atom. The highest BCUT2D eigenvalue weighted by Crippen LogP contribution is 2.22. The van der Waals surface area contributed by atoms with Crippen LogP contribution in [0.3, 0.4) is 0 Å². The number of hydrogen-bond donors (Lipinski definition) is 3. The van der Waals surface area contributed by atoms with Crippen LogP contribution in [0.1, 0.15) is 0 Å². The maximum atomic E-state index is 11.6. The average molecular weight is 257 g/mol. The number of carbonyl (C=O) groups excluding carboxylic acids is 1. The number of methoxy groups -OCH3 is 1. The van der Waals surface area contributed by atoms with E-state index in [1.807, 2.05) is 0 Å². The molecule has 0 heterocycles. The van der Waals surface area contributed by atoms with E-state index in [9.17, 15) is 4.79 Å². The summed E-state index contributed by atoms with van der Waals surface area (Å²) in [4.78, 5) is 11.6. The maximum Gasteiger partial charge on any atom is 0.324 e. The number of nitriles is 2. The summed E-state index contributed by atoms with van der Waals surface area (Å²) in [7, 11) is 1.46. The number of anilines is 1. The number of allylic oxidation sites excluding steroid dienone is 2. The highest BCUT2D eigenvalue weighted by molar-refractivity contribution is 5.92. The molecule has 1 aromatic carbocycles. The number of ether oxygens (including phenoxy) is 1. The first kappa shape index (κ1) is 13.9. The number of nitrogens with two attached hydrogens (primary N) is 1. The highest BCUT2D eigenvalue weighted by Gasteiger charge is 2.10. The zero-order chi connectivity index (χ0) is 14.3. The molecule has 0 aliphatic heterocycles. The van der Waals surface area contributed by atoms with Gasteiger partial charge in [0.15, 0.2) is 5.70 Å². The van der Waals surface area contributed by atoms with Crippen molar-refractivity contribution in [2.45, 2.75) is 0 Å². The molecule has 1 aromatic rings. The fraction of sp³-hybridized carbons (Fsp3) is 0.0833. The van der Waals surface area contributed by atoms with Crippen LogP contribution in [0.25, 0.3) is 0 Å². The topological polar surface area (TPSA) is 124 Å². The lowest BCUT2D eigenvalue weighted by molar-refractivity contribution is 0.254. The summed E-state index contributed by atoms with van der Waals surface area (Å²) in [6.07, 6.45) is 0. The van der Waals surface area contributed by atoms with Gasteiger partial charge in [-0.25, -0.2) is 4.79 Å². The third kappa shape index (κ3) is 3.65. The van der Waals surface area contributed by atoms with Crippen molar-refractivity contribution in [1.29, 1.82) is 10.5 Å². The summed E-state index contributed by atoms with van der Waals surface area (Å²) in [5, 5.41) is 21.9. The predicted molar refractivity (Wildman–Crippen MR) is 67.6 cm³/mol. The van der Waals surface area contributed by atoms with Crippen LogP contribution in [0.5, 0.6) is 5.75 Å². The van der Waals surface area contributed by atoms with Crippen molar-refractivity contribution < 1.29 is 9.53 Å². The van der Waals surface area contributed by atoms with E-state index in [1.165, 1.54) is 7.11 Å². The minimum Gasteiger partial charge on any atom is -0.495 e. The first-order chi connectivity index (χ1) is 9.12. The molecule has 2 amide bonds. The normalized spacial score (nSPS) is 10.5. The summed E-state index contributed by atoms with van der Waals surface area (Å²) in [6.45, 7) is 0. The lowest BCUT2D eigenvalue weighted by Crippen LogP contribution is -2.29. The van der Waals surface area contributed by atoms with Gasteiger partial charge in [0.2, 0.25) is 0 Å². The standard InChI is InChI=1S/C12H11N5O2/c1-19-11-5-3-2-4-9(11)16-12(18)17-10(7-14)8(15)6-13/h2-5H,15H2,1H3,(H2,16,17,18). The molecule has 0 fully saturated rings. The fourth-order valence-corrected chi connectivity index (χ4v) is 1.23. The number of urea groups is 1. The van der Waals surface area contributed by atoms with Gasteiger partial charge in [-0.2, -0.15) is 10.5 Å². The number of amides is 2. The Bertz CT molecular complexity index is 595. The minimum absolute atomic E-state index is 0.310. The molecule has 0 unspecified atom stereocenters. The molecular formula is C12H11N5O2. The Morgan fingerprint density at radius 2 is 2.00 bits per heavy atom.